The average molecular weight is 387 g/mol. The first kappa shape index (κ1) is 16.7. The molecule has 1 fully saturated rings. The molecule has 2 aromatic rings. The van der Waals surface area contributed by atoms with E-state index in [1.165, 1.54) is 5.56 Å². The summed E-state index contributed by atoms with van der Waals surface area (Å²) in [6.45, 7) is 4.02. The van der Waals surface area contributed by atoms with E-state index in [4.69, 9.17) is 0 Å². The summed E-state index contributed by atoms with van der Waals surface area (Å²) in [5.74, 6) is -0.494. The Kier molecular flexibility index (Phi) is 4.45. The van der Waals surface area contributed by atoms with Crippen molar-refractivity contribution in [1.29, 1.82) is 0 Å². The monoisotopic (exact) mass is 386 g/mol. The van der Waals surface area contributed by atoms with Crippen LogP contribution < -0.4 is 10.6 Å². The summed E-state index contributed by atoms with van der Waals surface area (Å²) in [5, 5.41) is 5.74. The molecule has 24 heavy (non-hydrogen) atoms. The summed E-state index contributed by atoms with van der Waals surface area (Å²) in [6.07, 6.45) is 1.14. The van der Waals surface area contributed by atoms with Crippen LogP contribution in [0.1, 0.15) is 24.0 Å². The van der Waals surface area contributed by atoms with Crippen molar-refractivity contribution in [3.63, 3.8) is 0 Å². The minimum absolute atomic E-state index is 0.240. The zero-order valence-electron chi connectivity index (χ0n) is 13.7. The van der Waals surface area contributed by atoms with Crippen LogP contribution in [0.15, 0.2) is 46.9 Å². The Hall–Kier alpha value is -2.14. The van der Waals surface area contributed by atoms with Crippen molar-refractivity contribution in [3.05, 3.63) is 58.1 Å². The Morgan fingerprint density at radius 3 is 2.25 bits per heavy atom. The summed E-state index contributed by atoms with van der Waals surface area (Å²) in [7, 11) is 0. The topological polar surface area (TPSA) is 58.2 Å². The molecule has 2 aromatic carbocycles. The Morgan fingerprint density at radius 1 is 0.958 bits per heavy atom. The lowest BCUT2D eigenvalue weighted by atomic mass is 10.0. The molecule has 1 aliphatic carbocycles. The normalized spacial score (nSPS) is 14.8. The molecule has 0 atom stereocenters. The smallest absolute Gasteiger partial charge is 0.240 e. The molecule has 2 amide bonds. The van der Waals surface area contributed by atoms with E-state index in [9.17, 15) is 9.59 Å². The SMILES string of the molecule is Cc1ccc(NC(=O)C2(C(=O)Nc3ccccc3Br)CC2)cc1C. The van der Waals surface area contributed by atoms with Crippen LogP contribution in [-0.4, -0.2) is 11.8 Å². The van der Waals surface area contributed by atoms with Crippen molar-refractivity contribution in [2.24, 2.45) is 5.41 Å². The van der Waals surface area contributed by atoms with Gasteiger partial charge in [0.1, 0.15) is 5.41 Å². The van der Waals surface area contributed by atoms with Gasteiger partial charge in [0.05, 0.1) is 5.69 Å². The van der Waals surface area contributed by atoms with Crippen LogP contribution in [0.3, 0.4) is 0 Å². The van der Waals surface area contributed by atoms with E-state index >= 15 is 0 Å². The molecule has 3 rings (SSSR count). The van der Waals surface area contributed by atoms with Crippen LogP contribution in [0.25, 0.3) is 0 Å². The largest absolute Gasteiger partial charge is 0.325 e. The summed E-state index contributed by atoms with van der Waals surface area (Å²) in [4.78, 5) is 25.2. The van der Waals surface area contributed by atoms with Gasteiger partial charge in [0, 0.05) is 10.2 Å². The zero-order valence-corrected chi connectivity index (χ0v) is 15.2. The molecule has 0 radical (unpaired) electrons. The zero-order chi connectivity index (χ0) is 17.3. The third-order valence-corrected chi connectivity index (χ3v) is 5.20. The van der Waals surface area contributed by atoms with Gasteiger partial charge in [-0.2, -0.15) is 0 Å². The first-order chi connectivity index (χ1) is 11.4. The fourth-order valence-electron chi connectivity index (χ4n) is 2.56. The number of carbonyl (C=O) groups excluding carboxylic acids is 2. The third kappa shape index (κ3) is 3.22. The Labute approximate surface area is 149 Å². The van der Waals surface area contributed by atoms with E-state index in [2.05, 4.69) is 26.6 Å². The van der Waals surface area contributed by atoms with Gasteiger partial charge < -0.3 is 10.6 Å². The molecule has 1 aliphatic rings. The lowest BCUT2D eigenvalue weighted by Crippen LogP contribution is -2.35. The Morgan fingerprint density at radius 2 is 1.62 bits per heavy atom. The Bertz CT molecular complexity index is 813. The highest BCUT2D eigenvalue weighted by molar-refractivity contribution is 9.10. The van der Waals surface area contributed by atoms with Crippen LogP contribution in [0.4, 0.5) is 11.4 Å². The minimum atomic E-state index is -0.964. The van der Waals surface area contributed by atoms with E-state index in [0.717, 1.165) is 15.7 Å². The van der Waals surface area contributed by atoms with Crippen molar-refractivity contribution >= 4 is 39.1 Å². The number of hydrogen-bond donors (Lipinski definition) is 2. The van der Waals surface area contributed by atoms with Crippen molar-refractivity contribution < 1.29 is 9.59 Å². The van der Waals surface area contributed by atoms with Gasteiger partial charge in [0.25, 0.3) is 0 Å². The van der Waals surface area contributed by atoms with E-state index in [0.29, 0.717) is 18.5 Å². The maximum absolute atomic E-state index is 12.6. The second kappa shape index (κ2) is 6.40. The average Bonchev–Trinajstić information content (AvgIpc) is 3.35. The number of nitrogens with one attached hydrogen (secondary N) is 2. The lowest BCUT2D eigenvalue weighted by molar-refractivity contribution is -0.131. The second-order valence-corrected chi connectivity index (χ2v) is 7.12. The summed E-state index contributed by atoms with van der Waals surface area (Å²) >= 11 is 3.40. The molecular weight excluding hydrogens is 368 g/mol. The number of para-hydroxylation sites is 1. The summed E-state index contributed by atoms with van der Waals surface area (Å²) < 4.78 is 0.795. The summed E-state index contributed by atoms with van der Waals surface area (Å²) in [5.41, 5.74) is 2.71. The van der Waals surface area contributed by atoms with Gasteiger partial charge in [0.2, 0.25) is 11.8 Å². The van der Waals surface area contributed by atoms with Gasteiger partial charge in [-0.3, -0.25) is 9.59 Å². The Balaban J connectivity index is 1.73. The molecule has 124 valence electrons. The molecular formula is C19H19BrN2O2. The molecule has 0 aromatic heterocycles. The molecule has 4 nitrogen and oxygen atoms in total. The fraction of sp³-hybridized carbons (Fsp3) is 0.263. The highest BCUT2D eigenvalue weighted by Crippen LogP contribution is 2.47. The van der Waals surface area contributed by atoms with Crippen LogP contribution in [0, 0.1) is 19.3 Å². The quantitative estimate of drug-likeness (QED) is 0.763. The predicted molar refractivity (Wildman–Crippen MR) is 99.0 cm³/mol. The molecule has 0 spiro atoms. The molecule has 5 heteroatoms. The van der Waals surface area contributed by atoms with Crippen molar-refractivity contribution in [3.8, 4) is 0 Å². The van der Waals surface area contributed by atoms with Gasteiger partial charge in [-0.1, -0.05) is 18.2 Å². The van der Waals surface area contributed by atoms with Crippen LogP contribution in [0.5, 0.6) is 0 Å². The van der Waals surface area contributed by atoms with Gasteiger partial charge in [-0.25, -0.2) is 0 Å². The maximum atomic E-state index is 12.6. The molecule has 0 saturated heterocycles. The van der Waals surface area contributed by atoms with Crippen LogP contribution in [-0.2, 0) is 9.59 Å². The van der Waals surface area contributed by atoms with Gasteiger partial charge in [0.15, 0.2) is 0 Å². The molecule has 1 saturated carbocycles. The van der Waals surface area contributed by atoms with Crippen molar-refractivity contribution in [1.82, 2.24) is 0 Å². The summed E-state index contributed by atoms with van der Waals surface area (Å²) in [6, 6.07) is 13.1. The van der Waals surface area contributed by atoms with Gasteiger partial charge >= 0.3 is 0 Å². The minimum Gasteiger partial charge on any atom is -0.325 e. The number of aryl methyl sites for hydroxylation is 2. The molecule has 0 heterocycles. The van der Waals surface area contributed by atoms with Gasteiger partial charge in [-0.15, -0.1) is 0 Å². The van der Waals surface area contributed by atoms with E-state index in [1.54, 1.807) is 6.07 Å². The van der Waals surface area contributed by atoms with E-state index < -0.39 is 5.41 Å². The number of carbonyl (C=O) groups is 2. The molecule has 2 N–H and O–H groups in total. The predicted octanol–water partition coefficient (Wildman–Crippen LogP) is 4.42. The second-order valence-electron chi connectivity index (χ2n) is 6.27. The molecule has 0 bridgehead atoms. The van der Waals surface area contributed by atoms with Crippen molar-refractivity contribution in [2.75, 3.05) is 10.6 Å². The number of amides is 2. The number of rotatable bonds is 4. The number of anilines is 2. The highest BCUT2D eigenvalue weighted by Gasteiger charge is 2.56. The first-order valence-corrected chi connectivity index (χ1v) is 8.66. The standard InChI is InChI=1S/C19H19BrN2O2/c1-12-7-8-14(11-13(12)2)21-17(23)19(9-10-19)18(24)22-16-6-4-3-5-15(16)20/h3-8,11H,9-10H2,1-2H3,(H,21,23)(H,22,24). The van der Waals surface area contributed by atoms with E-state index in [-0.39, 0.29) is 11.8 Å². The first-order valence-electron chi connectivity index (χ1n) is 7.87. The lowest BCUT2D eigenvalue weighted by Gasteiger charge is -2.16. The maximum Gasteiger partial charge on any atom is 0.240 e. The number of benzene rings is 2. The van der Waals surface area contributed by atoms with Crippen LogP contribution >= 0.6 is 15.9 Å². The van der Waals surface area contributed by atoms with Gasteiger partial charge in [-0.05, 0) is 78.0 Å². The number of halogens is 1. The fourth-order valence-corrected chi connectivity index (χ4v) is 2.94. The van der Waals surface area contributed by atoms with E-state index in [1.807, 2.05) is 50.2 Å². The number of hydrogen-bond acceptors (Lipinski definition) is 2. The highest BCUT2D eigenvalue weighted by atomic mass is 79.9. The third-order valence-electron chi connectivity index (χ3n) is 4.51. The van der Waals surface area contributed by atoms with Crippen LogP contribution in [0.2, 0.25) is 0 Å². The van der Waals surface area contributed by atoms with Crippen molar-refractivity contribution in [2.45, 2.75) is 26.7 Å². The molecule has 0 aliphatic heterocycles. The molecule has 0 unspecified atom stereocenters.